The molecule has 0 unspecified atom stereocenters. The second-order valence-corrected chi connectivity index (χ2v) is 15.7. The minimum absolute atomic E-state index is 0.236. The lowest BCUT2D eigenvalue weighted by atomic mass is 9.35. The third-order valence-electron chi connectivity index (χ3n) is 11.4. The quantitative estimate of drug-likeness (QED) is 0.176. The van der Waals surface area contributed by atoms with Crippen LogP contribution in [0.3, 0.4) is 0 Å². The Kier molecular flexibility index (Phi) is 4.44. The molecule has 0 aliphatic carbocycles. The van der Waals surface area contributed by atoms with E-state index >= 15 is 0 Å². The summed E-state index contributed by atoms with van der Waals surface area (Å²) in [6.07, 6.45) is 0. The summed E-state index contributed by atoms with van der Waals surface area (Å²) in [6.45, 7) is 0.471. The van der Waals surface area contributed by atoms with Crippen molar-refractivity contribution in [1.29, 1.82) is 0 Å². The summed E-state index contributed by atoms with van der Waals surface area (Å²) in [5, 5.41) is 5.34. The monoisotopic (exact) mass is 640 g/mol. The van der Waals surface area contributed by atoms with Crippen molar-refractivity contribution in [3.05, 3.63) is 133 Å². The first-order valence-corrected chi connectivity index (χ1v) is 18.3. The van der Waals surface area contributed by atoms with Gasteiger partial charge in [0.25, 0.3) is 0 Å². The van der Waals surface area contributed by atoms with Gasteiger partial charge >= 0.3 is 0 Å². The summed E-state index contributed by atoms with van der Waals surface area (Å²) in [7, 11) is 0. The zero-order valence-electron chi connectivity index (χ0n) is 25.6. The number of nitrogens with zero attached hydrogens (tertiary/aromatic N) is 2. The maximum absolute atomic E-state index is 2.59. The summed E-state index contributed by atoms with van der Waals surface area (Å²) < 4.78 is 5.18. The largest absolute Gasteiger partial charge is 0.310 e. The van der Waals surface area contributed by atoms with Crippen LogP contribution in [-0.4, -0.2) is 22.6 Å². The summed E-state index contributed by atoms with van der Waals surface area (Å²) in [4.78, 5) is 5.48. The van der Waals surface area contributed by atoms with Crippen molar-refractivity contribution in [1.82, 2.24) is 9.13 Å². The maximum atomic E-state index is 2.59. The average Bonchev–Trinajstić information content (AvgIpc) is 3.64. The van der Waals surface area contributed by atoms with Crippen molar-refractivity contribution in [3.63, 3.8) is 0 Å². The van der Waals surface area contributed by atoms with Crippen LogP contribution in [0.5, 0.6) is 0 Å². The van der Waals surface area contributed by atoms with Gasteiger partial charge < -0.3 is 9.13 Å². The topological polar surface area (TPSA) is 9.86 Å². The van der Waals surface area contributed by atoms with E-state index in [-0.39, 0.29) is 13.4 Å². The van der Waals surface area contributed by atoms with Crippen LogP contribution in [-0.2, 0) is 0 Å². The number of aromatic nitrogens is 2. The molecule has 0 saturated heterocycles. The molecule has 0 fully saturated rings. The Hall–Kier alpha value is -5.03. The zero-order chi connectivity index (χ0) is 30.8. The van der Waals surface area contributed by atoms with E-state index in [2.05, 4.69) is 143 Å². The summed E-state index contributed by atoms with van der Waals surface area (Å²) >= 11 is 3.84. The number of fused-ring (bicyclic) bond motifs is 14. The number of hydrogen-bond donors (Lipinski definition) is 0. The first-order valence-electron chi connectivity index (χ1n) is 16.7. The molecule has 0 atom stereocenters. The normalized spacial score (nSPS) is 14.4. The van der Waals surface area contributed by atoms with E-state index < -0.39 is 0 Å². The Morgan fingerprint density at radius 3 is 1.33 bits per heavy atom. The lowest BCUT2D eigenvalue weighted by Gasteiger charge is -2.33. The van der Waals surface area contributed by atoms with Crippen molar-refractivity contribution in [2.24, 2.45) is 0 Å². The number of benzene rings is 7. The number of para-hydroxylation sites is 2. The third kappa shape index (κ3) is 2.80. The van der Waals surface area contributed by atoms with Crippen molar-refractivity contribution in [2.75, 3.05) is 0 Å². The lowest BCUT2D eigenvalue weighted by Crippen LogP contribution is -2.58. The molecule has 0 bridgehead atoms. The van der Waals surface area contributed by atoms with Crippen molar-refractivity contribution in [3.8, 4) is 11.4 Å². The standard InChI is InChI=1S/C42H22B2N2S2/c1-3-17-35-27(11-1)43-29-13-5-9-23-25-21-26-24-10-6-14-30-42(24)46(32-16-8-20-38-40(32)44(30)28-12-2-4-18-36(28)48-38)34(26)22-33(25)45(41(23)29)31-15-7-19-37(47-35)39(31)43/h1-22H. The first kappa shape index (κ1) is 25.0. The second kappa shape index (κ2) is 8.51. The molecule has 6 heterocycles. The van der Waals surface area contributed by atoms with Crippen LogP contribution in [0.2, 0.25) is 0 Å². The van der Waals surface area contributed by atoms with Crippen molar-refractivity contribution < 1.29 is 0 Å². The Morgan fingerprint density at radius 1 is 0.375 bits per heavy atom. The summed E-state index contributed by atoms with van der Waals surface area (Å²) in [6, 6.07) is 50.9. The lowest BCUT2D eigenvalue weighted by molar-refractivity contribution is 1.16. The molecule has 13 rings (SSSR count). The Morgan fingerprint density at radius 2 is 0.812 bits per heavy atom. The van der Waals surface area contributed by atoms with Gasteiger partial charge in [-0.05, 0) is 70.4 Å². The van der Waals surface area contributed by atoms with Gasteiger partial charge in [0.1, 0.15) is 0 Å². The molecule has 2 aromatic heterocycles. The van der Waals surface area contributed by atoms with E-state index in [1.54, 1.807) is 0 Å². The van der Waals surface area contributed by atoms with E-state index in [1.165, 1.54) is 107 Å². The highest BCUT2D eigenvalue weighted by molar-refractivity contribution is 8.00. The smallest absolute Gasteiger partial charge is 0.249 e. The van der Waals surface area contributed by atoms with Crippen LogP contribution in [0.15, 0.2) is 153 Å². The second-order valence-electron chi connectivity index (χ2n) is 13.6. The van der Waals surface area contributed by atoms with Gasteiger partial charge in [0.2, 0.25) is 13.4 Å². The maximum Gasteiger partial charge on any atom is 0.249 e. The molecule has 0 radical (unpaired) electrons. The molecule has 9 aromatic rings. The van der Waals surface area contributed by atoms with Crippen LogP contribution >= 0.6 is 23.5 Å². The minimum Gasteiger partial charge on any atom is -0.310 e. The summed E-state index contributed by atoms with van der Waals surface area (Å²) in [5.74, 6) is 0. The Bertz CT molecular complexity index is 2790. The number of hydrogen-bond acceptors (Lipinski definition) is 2. The molecule has 0 saturated carbocycles. The highest BCUT2D eigenvalue weighted by Gasteiger charge is 2.41. The van der Waals surface area contributed by atoms with E-state index in [4.69, 9.17) is 0 Å². The molecule has 218 valence electrons. The molecule has 4 aliphatic heterocycles. The van der Waals surface area contributed by atoms with Gasteiger partial charge in [-0.25, -0.2) is 0 Å². The van der Waals surface area contributed by atoms with Crippen LogP contribution in [0.1, 0.15) is 0 Å². The van der Waals surface area contributed by atoms with Gasteiger partial charge in [0.05, 0.1) is 11.0 Å². The van der Waals surface area contributed by atoms with Gasteiger partial charge in [0, 0.05) is 63.5 Å². The Labute approximate surface area is 285 Å². The minimum atomic E-state index is 0.236. The van der Waals surface area contributed by atoms with E-state index in [0.717, 1.165) is 0 Å². The fourth-order valence-electron chi connectivity index (χ4n) is 9.67. The first-order chi connectivity index (χ1) is 23.8. The zero-order valence-corrected chi connectivity index (χ0v) is 27.2. The molecule has 0 amide bonds. The van der Waals surface area contributed by atoms with Gasteiger partial charge in [0.15, 0.2) is 0 Å². The van der Waals surface area contributed by atoms with Gasteiger partial charge in [-0.1, -0.05) is 119 Å². The van der Waals surface area contributed by atoms with E-state index in [9.17, 15) is 0 Å². The molecule has 2 nitrogen and oxygen atoms in total. The fourth-order valence-corrected chi connectivity index (χ4v) is 12.0. The van der Waals surface area contributed by atoms with Crippen LogP contribution in [0.4, 0.5) is 0 Å². The van der Waals surface area contributed by atoms with Gasteiger partial charge in [-0.15, -0.1) is 0 Å². The highest BCUT2D eigenvalue weighted by atomic mass is 32.2. The molecule has 0 spiro atoms. The van der Waals surface area contributed by atoms with Crippen LogP contribution in [0, 0.1) is 0 Å². The van der Waals surface area contributed by atoms with Gasteiger partial charge in [-0.3, -0.25) is 0 Å². The average molecular weight is 640 g/mol. The fraction of sp³-hybridized carbons (Fsp3) is 0. The van der Waals surface area contributed by atoms with Gasteiger partial charge in [-0.2, -0.15) is 0 Å². The van der Waals surface area contributed by atoms with Crippen LogP contribution < -0.4 is 32.8 Å². The molecular formula is C42H22B2N2S2. The van der Waals surface area contributed by atoms with E-state index in [0.29, 0.717) is 0 Å². The molecule has 4 aliphatic rings. The van der Waals surface area contributed by atoms with Crippen molar-refractivity contribution >= 4 is 113 Å². The predicted molar refractivity (Wildman–Crippen MR) is 206 cm³/mol. The SMILES string of the molecule is c1ccc2c(c1)Sc1cccc3c1B2c1cccc2c4cc5c6cccc7c6n(c5cc4n-3c12)-c1cccc2c1B7c1ccccc1S2. The number of rotatable bonds is 0. The highest BCUT2D eigenvalue weighted by Crippen LogP contribution is 2.43. The van der Waals surface area contributed by atoms with E-state index in [1.807, 2.05) is 23.5 Å². The predicted octanol–water partition coefficient (Wildman–Crippen LogP) is 6.47. The molecule has 6 heteroatoms. The molecule has 7 aromatic carbocycles. The summed E-state index contributed by atoms with van der Waals surface area (Å²) in [5.41, 5.74) is 16.5. The molecule has 0 N–H and O–H groups in total. The molecular weight excluding hydrogens is 618 g/mol. The third-order valence-corrected chi connectivity index (χ3v) is 13.8. The Balaban J connectivity index is 1.19. The van der Waals surface area contributed by atoms with Crippen molar-refractivity contribution in [2.45, 2.75) is 19.6 Å². The molecule has 48 heavy (non-hydrogen) atoms. The van der Waals surface area contributed by atoms with Crippen LogP contribution in [0.25, 0.3) is 55.0 Å².